The van der Waals surface area contributed by atoms with E-state index in [9.17, 15) is 12.8 Å². The molecular weight excluding hydrogens is 355 g/mol. The van der Waals surface area contributed by atoms with Crippen LogP contribution in [-0.2, 0) is 10.0 Å². The maximum absolute atomic E-state index is 13.3. The highest BCUT2D eigenvalue weighted by atomic mass is 32.2. The third-order valence-electron chi connectivity index (χ3n) is 4.29. The zero-order valence-corrected chi connectivity index (χ0v) is 14.9. The maximum atomic E-state index is 13.3. The van der Waals surface area contributed by atoms with Crippen molar-refractivity contribution in [3.05, 3.63) is 65.9 Å². The Morgan fingerprint density at radius 1 is 1.19 bits per heavy atom. The van der Waals surface area contributed by atoms with Gasteiger partial charge < -0.3 is 4.42 Å². The summed E-state index contributed by atoms with van der Waals surface area (Å²) < 4.78 is 47.0. The number of hydrogen-bond donors (Lipinski definition) is 1. The lowest BCUT2D eigenvalue weighted by Gasteiger charge is -2.11. The van der Waals surface area contributed by atoms with Gasteiger partial charge in [0, 0.05) is 11.5 Å². The first-order valence-electron chi connectivity index (χ1n) is 8.27. The number of aromatic nitrogens is 1. The van der Waals surface area contributed by atoms with E-state index >= 15 is 0 Å². The first-order valence-corrected chi connectivity index (χ1v) is 9.76. The van der Waals surface area contributed by atoms with Crippen molar-refractivity contribution in [1.82, 2.24) is 4.98 Å². The first kappa shape index (κ1) is 16.8. The number of sulfonamides is 1. The molecule has 1 saturated carbocycles. The lowest BCUT2D eigenvalue weighted by Crippen LogP contribution is -2.14. The smallest absolute Gasteiger partial charge is 0.262 e. The maximum Gasteiger partial charge on any atom is 0.262 e. The molecule has 3 aromatic rings. The number of halogens is 1. The Morgan fingerprint density at radius 2 is 2.00 bits per heavy atom. The van der Waals surface area contributed by atoms with E-state index in [1.807, 2.05) is 0 Å². The molecule has 0 radical (unpaired) electrons. The van der Waals surface area contributed by atoms with Gasteiger partial charge in [0.2, 0.25) is 0 Å². The summed E-state index contributed by atoms with van der Waals surface area (Å²) in [5.41, 5.74) is 1.39. The quantitative estimate of drug-likeness (QED) is 0.717. The van der Waals surface area contributed by atoms with Gasteiger partial charge in [0.05, 0.1) is 16.8 Å². The second kappa shape index (κ2) is 6.25. The minimum atomic E-state index is -3.87. The van der Waals surface area contributed by atoms with E-state index in [1.54, 1.807) is 31.3 Å². The number of rotatable bonds is 5. The fourth-order valence-electron chi connectivity index (χ4n) is 2.75. The molecular formula is C19H17FN2O3S. The van der Waals surface area contributed by atoms with Gasteiger partial charge in [-0.25, -0.2) is 17.8 Å². The summed E-state index contributed by atoms with van der Waals surface area (Å²) in [6.07, 6.45) is 3.77. The third-order valence-corrected chi connectivity index (χ3v) is 5.81. The standard InChI is InChI=1S/C19H17FN2O3S/c1-12-5-6-14(17-11-21-19(25-17)13-7-8-13)9-18(12)26(23,24)22-16-4-2-3-15(20)10-16/h2-6,9-11,13,22H,7-8H2,1H3. The van der Waals surface area contributed by atoms with Crippen LogP contribution in [0, 0.1) is 12.7 Å². The van der Waals surface area contributed by atoms with E-state index in [0.29, 0.717) is 28.7 Å². The van der Waals surface area contributed by atoms with Crippen LogP contribution < -0.4 is 4.72 Å². The number of oxazole rings is 1. The van der Waals surface area contributed by atoms with Gasteiger partial charge in [0.15, 0.2) is 11.7 Å². The van der Waals surface area contributed by atoms with Crippen LogP contribution in [0.1, 0.15) is 30.2 Å². The molecule has 1 aliphatic carbocycles. The van der Waals surface area contributed by atoms with E-state index in [1.165, 1.54) is 18.2 Å². The lowest BCUT2D eigenvalue weighted by molar-refractivity contribution is 0.509. The Balaban J connectivity index is 1.68. The van der Waals surface area contributed by atoms with Crippen molar-refractivity contribution in [3.63, 3.8) is 0 Å². The summed E-state index contributed by atoms with van der Waals surface area (Å²) in [5, 5.41) is 0. The summed E-state index contributed by atoms with van der Waals surface area (Å²) in [6, 6.07) is 10.4. The minimum Gasteiger partial charge on any atom is -0.440 e. The Bertz CT molecular complexity index is 1070. The minimum absolute atomic E-state index is 0.114. The SMILES string of the molecule is Cc1ccc(-c2cnc(C3CC3)o2)cc1S(=O)(=O)Nc1cccc(F)c1. The Morgan fingerprint density at radius 3 is 2.73 bits per heavy atom. The third kappa shape index (κ3) is 3.35. The molecule has 0 saturated heterocycles. The zero-order valence-electron chi connectivity index (χ0n) is 14.1. The van der Waals surface area contributed by atoms with Gasteiger partial charge in [-0.05, 0) is 49.6 Å². The highest BCUT2D eigenvalue weighted by Gasteiger charge is 2.29. The van der Waals surface area contributed by atoms with Crippen molar-refractivity contribution in [2.45, 2.75) is 30.6 Å². The molecule has 26 heavy (non-hydrogen) atoms. The second-order valence-corrected chi connectivity index (χ2v) is 8.08. The van der Waals surface area contributed by atoms with Crippen LogP contribution in [0.15, 0.2) is 58.0 Å². The van der Waals surface area contributed by atoms with Crippen LogP contribution in [0.3, 0.4) is 0 Å². The zero-order chi connectivity index (χ0) is 18.3. The molecule has 0 unspecified atom stereocenters. The van der Waals surface area contributed by atoms with Gasteiger partial charge in [-0.3, -0.25) is 4.72 Å². The highest BCUT2D eigenvalue weighted by molar-refractivity contribution is 7.92. The fourth-order valence-corrected chi connectivity index (χ4v) is 4.07. The summed E-state index contributed by atoms with van der Waals surface area (Å²) in [4.78, 5) is 4.39. The Kier molecular flexibility index (Phi) is 4.03. The fraction of sp³-hybridized carbons (Fsp3) is 0.211. The molecule has 1 aromatic heterocycles. The number of nitrogens with one attached hydrogen (secondary N) is 1. The second-order valence-electron chi connectivity index (χ2n) is 6.43. The summed E-state index contributed by atoms with van der Waals surface area (Å²) in [5.74, 6) is 1.11. The Labute approximate surface area is 150 Å². The van der Waals surface area contributed by atoms with Crippen LogP contribution in [0.2, 0.25) is 0 Å². The number of hydrogen-bond acceptors (Lipinski definition) is 4. The molecule has 1 fully saturated rings. The van der Waals surface area contributed by atoms with Crippen molar-refractivity contribution in [2.75, 3.05) is 4.72 Å². The van der Waals surface area contributed by atoms with Crippen LogP contribution in [0.4, 0.5) is 10.1 Å². The molecule has 4 rings (SSSR count). The van der Waals surface area contributed by atoms with Gasteiger partial charge in [0.25, 0.3) is 10.0 Å². The summed E-state index contributed by atoms with van der Waals surface area (Å²) in [6.45, 7) is 1.71. The number of nitrogens with zero attached hydrogens (tertiary/aromatic N) is 1. The van der Waals surface area contributed by atoms with Crippen molar-refractivity contribution in [2.24, 2.45) is 0 Å². The first-order chi connectivity index (χ1) is 12.4. The lowest BCUT2D eigenvalue weighted by atomic mass is 10.1. The number of anilines is 1. The van der Waals surface area contributed by atoms with Crippen LogP contribution >= 0.6 is 0 Å². The molecule has 0 spiro atoms. The molecule has 1 heterocycles. The van der Waals surface area contributed by atoms with Gasteiger partial charge in [0.1, 0.15) is 5.82 Å². The molecule has 0 amide bonds. The van der Waals surface area contributed by atoms with E-state index in [2.05, 4.69) is 9.71 Å². The van der Waals surface area contributed by atoms with Crippen LogP contribution in [0.25, 0.3) is 11.3 Å². The molecule has 5 nitrogen and oxygen atoms in total. The highest BCUT2D eigenvalue weighted by Crippen LogP contribution is 2.40. The normalized spacial score (nSPS) is 14.4. The van der Waals surface area contributed by atoms with Crippen molar-refractivity contribution in [1.29, 1.82) is 0 Å². The van der Waals surface area contributed by atoms with Crippen LogP contribution in [0.5, 0.6) is 0 Å². The molecule has 1 aliphatic rings. The topological polar surface area (TPSA) is 72.2 Å². The number of benzene rings is 2. The molecule has 134 valence electrons. The van der Waals surface area contributed by atoms with E-state index in [0.717, 1.165) is 18.9 Å². The van der Waals surface area contributed by atoms with Crippen molar-refractivity contribution >= 4 is 15.7 Å². The van der Waals surface area contributed by atoms with Gasteiger partial charge in [-0.1, -0.05) is 18.2 Å². The molecule has 0 bridgehead atoms. The summed E-state index contributed by atoms with van der Waals surface area (Å²) >= 11 is 0. The predicted octanol–water partition coefficient (Wildman–Crippen LogP) is 4.47. The largest absolute Gasteiger partial charge is 0.440 e. The summed E-state index contributed by atoms with van der Waals surface area (Å²) in [7, 11) is -3.87. The average Bonchev–Trinajstić information content (AvgIpc) is 3.32. The molecule has 1 N–H and O–H groups in total. The van der Waals surface area contributed by atoms with Gasteiger partial charge >= 0.3 is 0 Å². The predicted molar refractivity (Wildman–Crippen MR) is 95.9 cm³/mol. The van der Waals surface area contributed by atoms with Gasteiger partial charge in [-0.15, -0.1) is 0 Å². The molecule has 0 atom stereocenters. The molecule has 2 aromatic carbocycles. The Hall–Kier alpha value is -2.67. The molecule has 7 heteroatoms. The van der Waals surface area contributed by atoms with Gasteiger partial charge in [-0.2, -0.15) is 0 Å². The average molecular weight is 372 g/mol. The molecule has 0 aliphatic heterocycles. The van der Waals surface area contributed by atoms with Crippen molar-refractivity contribution in [3.8, 4) is 11.3 Å². The monoisotopic (exact) mass is 372 g/mol. The van der Waals surface area contributed by atoms with E-state index < -0.39 is 15.8 Å². The van der Waals surface area contributed by atoms with E-state index in [4.69, 9.17) is 4.42 Å². The van der Waals surface area contributed by atoms with Crippen LogP contribution in [-0.4, -0.2) is 13.4 Å². The van der Waals surface area contributed by atoms with E-state index in [-0.39, 0.29) is 10.6 Å². The van der Waals surface area contributed by atoms with Crippen molar-refractivity contribution < 1.29 is 17.2 Å². The number of aryl methyl sites for hydroxylation is 1.